The van der Waals surface area contributed by atoms with Crippen molar-refractivity contribution in [2.45, 2.75) is 13.0 Å². The minimum atomic E-state index is -3.43. The molecule has 1 aromatic carbocycles. The van der Waals surface area contributed by atoms with Crippen LogP contribution in [0.25, 0.3) is 0 Å². The SMILES string of the molecule is C[C@H](NS(=O)(=O)CCl)c1ccccc1Cl. The summed E-state index contributed by atoms with van der Waals surface area (Å²) in [6.45, 7) is 1.71. The summed E-state index contributed by atoms with van der Waals surface area (Å²) in [5.74, 6) is 0. The third-order valence-corrected chi connectivity index (χ3v) is 4.08. The molecule has 0 amide bonds. The molecule has 0 saturated carbocycles. The first-order chi connectivity index (χ1) is 6.96. The molecule has 0 unspecified atom stereocenters. The third-order valence-electron chi connectivity index (χ3n) is 1.87. The Labute approximate surface area is 99.4 Å². The Kier molecular flexibility index (Phi) is 4.40. The van der Waals surface area contributed by atoms with Crippen LogP contribution in [-0.2, 0) is 10.0 Å². The number of rotatable bonds is 4. The average Bonchev–Trinajstić information content (AvgIpc) is 2.17. The highest BCUT2D eigenvalue weighted by Crippen LogP contribution is 2.22. The molecule has 0 aromatic heterocycles. The standard InChI is InChI=1S/C9H11Cl2NO2S/c1-7(12-15(13,14)6-10)8-4-2-3-5-9(8)11/h2-5,7,12H,6H2,1H3/t7-/m0/s1. The van der Waals surface area contributed by atoms with Crippen molar-refractivity contribution in [2.75, 3.05) is 5.21 Å². The molecule has 0 aliphatic carbocycles. The van der Waals surface area contributed by atoms with Crippen LogP contribution in [0.5, 0.6) is 0 Å². The monoisotopic (exact) mass is 267 g/mol. The summed E-state index contributed by atoms with van der Waals surface area (Å²) < 4.78 is 24.8. The molecule has 0 aliphatic heterocycles. The first kappa shape index (κ1) is 12.8. The minimum absolute atomic E-state index is 0.387. The van der Waals surface area contributed by atoms with Gasteiger partial charge in [-0.1, -0.05) is 29.8 Å². The van der Waals surface area contributed by atoms with E-state index < -0.39 is 15.2 Å². The number of hydrogen-bond acceptors (Lipinski definition) is 2. The van der Waals surface area contributed by atoms with Crippen molar-refractivity contribution in [3.63, 3.8) is 0 Å². The highest BCUT2D eigenvalue weighted by atomic mass is 35.5. The molecule has 0 fully saturated rings. The molecular formula is C9H11Cl2NO2S. The van der Waals surface area contributed by atoms with E-state index in [1.807, 2.05) is 0 Å². The summed E-state index contributed by atoms with van der Waals surface area (Å²) in [6.07, 6.45) is 0. The van der Waals surface area contributed by atoms with E-state index in [9.17, 15) is 8.42 Å². The van der Waals surface area contributed by atoms with Gasteiger partial charge in [-0.2, -0.15) is 0 Å². The quantitative estimate of drug-likeness (QED) is 0.853. The van der Waals surface area contributed by atoms with E-state index in [4.69, 9.17) is 23.2 Å². The van der Waals surface area contributed by atoms with Gasteiger partial charge in [0.15, 0.2) is 0 Å². The van der Waals surface area contributed by atoms with Crippen LogP contribution in [0, 0.1) is 0 Å². The van der Waals surface area contributed by atoms with Gasteiger partial charge in [-0.3, -0.25) is 0 Å². The maximum Gasteiger partial charge on any atom is 0.226 e. The summed E-state index contributed by atoms with van der Waals surface area (Å²) in [7, 11) is -3.43. The topological polar surface area (TPSA) is 46.2 Å². The zero-order chi connectivity index (χ0) is 11.5. The number of nitrogens with one attached hydrogen (secondary N) is 1. The fourth-order valence-electron chi connectivity index (χ4n) is 1.19. The van der Waals surface area contributed by atoms with Crippen LogP contribution in [0.4, 0.5) is 0 Å². The molecule has 1 atom stereocenters. The van der Waals surface area contributed by atoms with E-state index >= 15 is 0 Å². The molecule has 1 N–H and O–H groups in total. The van der Waals surface area contributed by atoms with E-state index in [-0.39, 0.29) is 6.04 Å². The number of hydrogen-bond donors (Lipinski definition) is 1. The highest BCUT2D eigenvalue weighted by Gasteiger charge is 2.15. The second-order valence-corrected chi connectivity index (χ2v) is 5.83. The lowest BCUT2D eigenvalue weighted by Crippen LogP contribution is -2.27. The van der Waals surface area contributed by atoms with Crippen LogP contribution in [0.15, 0.2) is 24.3 Å². The first-order valence-electron chi connectivity index (χ1n) is 4.26. The van der Waals surface area contributed by atoms with E-state index in [1.54, 1.807) is 31.2 Å². The lowest BCUT2D eigenvalue weighted by Gasteiger charge is -2.14. The van der Waals surface area contributed by atoms with E-state index in [0.29, 0.717) is 5.02 Å². The van der Waals surface area contributed by atoms with Gasteiger partial charge in [0.25, 0.3) is 0 Å². The van der Waals surface area contributed by atoms with Gasteiger partial charge in [0.1, 0.15) is 5.21 Å². The summed E-state index contributed by atoms with van der Waals surface area (Å²) >= 11 is 11.2. The second-order valence-electron chi connectivity index (χ2n) is 3.08. The second kappa shape index (κ2) is 5.16. The Morgan fingerprint density at radius 2 is 2.00 bits per heavy atom. The van der Waals surface area contributed by atoms with Gasteiger partial charge in [-0.25, -0.2) is 13.1 Å². The Hall–Kier alpha value is -0.290. The van der Waals surface area contributed by atoms with Crippen molar-refractivity contribution < 1.29 is 8.42 Å². The van der Waals surface area contributed by atoms with Gasteiger partial charge < -0.3 is 0 Å². The summed E-state index contributed by atoms with van der Waals surface area (Å²) in [6, 6.07) is 6.68. The molecular weight excluding hydrogens is 257 g/mol. The Bertz CT molecular complexity index is 433. The van der Waals surface area contributed by atoms with Crippen molar-refractivity contribution in [1.82, 2.24) is 4.72 Å². The lowest BCUT2D eigenvalue weighted by molar-refractivity contribution is 0.571. The molecule has 3 nitrogen and oxygen atoms in total. The van der Waals surface area contributed by atoms with Crippen LogP contribution in [0.2, 0.25) is 5.02 Å². The summed E-state index contributed by atoms with van der Waals surface area (Å²) in [5.41, 5.74) is 0.729. The number of benzene rings is 1. The Morgan fingerprint density at radius 3 is 2.53 bits per heavy atom. The Balaban J connectivity index is 2.87. The van der Waals surface area contributed by atoms with Gasteiger partial charge in [-0.05, 0) is 18.6 Å². The molecule has 0 heterocycles. The zero-order valence-corrected chi connectivity index (χ0v) is 10.4. The molecule has 0 spiro atoms. The molecule has 0 bridgehead atoms. The molecule has 0 aliphatic rings. The molecule has 6 heteroatoms. The fourth-order valence-corrected chi connectivity index (χ4v) is 2.41. The fraction of sp³-hybridized carbons (Fsp3) is 0.333. The maximum absolute atomic E-state index is 11.2. The predicted octanol–water partition coefficient (Wildman–Crippen LogP) is 2.52. The number of sulfonamides is 1. The molecule has 1 rings (SSSR count). The third kappa shape index (κ3) is 3.65. The molecule has 15 heavy (non-hydrogen) atoms. The zero-order valence-electron chi connectivity index (χ0n) is 8.07. The van der Waals surface area contributed by atoms with Gasteiger partial charge in [0, 0.05) is 11.1 Å². The lowest BCUT2D eigenvalue weighted by atomic mass is 10.1. The van der Waals surface area contributed by atoms with Crippen molar-refractivity contribution in [3.8, 4) is 0 Å². The van der Waals surface area contributed by atoms with Crippen LogP contribution >= 0.6 is 23.2 Å². The van der Waals surface area contributed by atoms with Gasteiger partial charge in [0.05, 0.1) is 0 Å². The molecule has 0 radical (unpaired) electrons. The molecule has 0 saturated heterocycles. The minimum Gasteiger partial charge on any atom is -0.211 e. The predicted molar refractivity (Wildman–Crippen MR) is 62.6 cm³/mol. The smallest absolute Gasteiger partial charge is 0.211 e. The van der Waals surface area contributed by atoms with Crippen molar-refractivity contribution in [1.29, 1.82) is 0 Å². The van der Waals surface area contributed by atoms with Gasteiger partial charge in [-0.15, -0.1) is 11.6 Å². The Morgan fingerprint density at radius 1 is 1.40 bits per heavy atom. The number of alkyl halides is 1. The largest absolute Gasteiger partial charge is 0.226 e. The normalized spacial score (nSPS) is 13.8. The molecule has 1 aromatic rings. The van der Waals surface area contributed by atoms with Crippen LogP contribution in [0.1, 0.15) is 18.5 Å². The van der Waals surface area contributed by atoms with Crippen LogP contribution in [-0.4, -0.2) is 13.6 Å². The molecule has 84 valence electrons. The van der Waals surface area contributed by atoms with E-state index in [2.05, 4.69) is 4.72 Å². The highest BCUT2D eigenvalue weighted by molar-refractivity contribution is 7.90. The van der Waals surface area contributed by atoms with E-state index in [0.717, 1.165) is 5.56 Å². The van der Waals surface area contributed by atoms with Crippen molar-refractivity contribution >= 4 is 33.2 Å². The van der Waals surface area contributed by atoms with Crippen LogP contribution in [0.3, 0.4) is 0 Å². The van der Waals surface area contributed by atoms with E-state index in [1.165, 1.54) is 0 Å². The van der Waals surface area contributed by atoms with Crippen LogP contribution < -0.4 is 4.72 Å². The number of halogens is 2. The summed E-state index contributed by atoms with van der Waals surface area (Å²) in [4.78, 5) is 0. The van der Waals surface area contributed by atoms with Crippen molar-refractivity contribution in [2.24, 2.45) is 0 Å². The average molecular weight is 268 g/mol. The van der Waals surface area contributed by atoms with Gasteiger partial charge in [0.2, 0.25) is 10.0 Å². The first-order valence-corrected chi connectivity index (χ1v) is 6.83. The summed E-state index contributed by atoms with van der Waals surface area (Å²) in [5, 5.41) is 0.0733. The van der Waals surface area contributed by atoms with Gasteiger partial charge >= 0.3 is 0 Å². The van der Waals surface area contributed by atoms with Crippen molar-refractivity contribution in [3.05, 3.63) is 34.9 Å². The maximum atomic E-state index is 11.2.